The Morgan fingerprint density at radius 2 is 1.77 bits per heavy atom. The number of ether oxygens (including phenoxy) is 2. The monoisotopic (exact) mass is 483 g/mol. The van der Waals surface area contributed by atoms with Gasteiger partial charge in [-0.15, -0.1) is 0 Å². The molecule has 8 heteroatoms. The van der Waals surface area contributed by atoms with E-state index < -0.39 is 12.1 Å². The summed E-state index contributed by atoms with van der Waals surface area (Å²) in [5.41, 5.74) is 2.70. The molecule has 0 bridgehead atoms. The molecule has 3 atom stereocenters. The van der Waals surface area contributed by atoms with E-state index in [-0.39, 0.29) is 29.7 Å². The number of carbonyl (C=O) groups is 2. The van der Waals surface area contributed by atoms with Crippen LogP contribution in [0.25, 0.3) is 0 Å². The lowest BCUT2D eigenvalue weighted by Crippen LogP contribution is -2.55. The fraction of sp³-hybridized carbons (Fsp3) is 0.481. The van der Waals surface area contributed by atoms with Gasteiger partial charge in [0, 0.05) is 12.6 Å². The van der Waals surface area contributed by atoms with Crippen LogP contribution in [0.2, 0.25) is 0 Å². The smallest absolute Gasteiger partial charge is 0.318 e. The molecular formula is C27H34FN3O4. The molecular weight excluding hydrogens is 449 g/mol. The van der Waals surface area contributed by atoms with Crippen molar-refractivity contribution >= 4 is 11.9 Å². The third-order valence-electron chi connectivity index (χ3n) is 7.02. The van der Waals surface area contributed by atoms with Gasteiger partial charge in [-0.05, 0) is 66.1 Å². The number of rotatable bonds is 8. The molecule has 35 heavy (non-hydrogen) atoms. The Morgan fingerprint density at radius 3 is 2.37 bits per heavy atom. The van der Waals surface area contributed by atoms with Crippen LogP contribution >= 0.6 is 0 Å². The summed E-state index contributed by atoms with van der Waals surface area (Å²) in [4.78, 5) is 28.3. The quantitative estimate of drug-likeness (QED) is 0.590. The summed E-state index contributed by atoms with van der Waals surface area (Å²) in [7, 11) is 3.16. The Hall–Kier alpha value is -3.29. The van der Waals surface area contributed by atoms with Crippen molar-refractivity contribution in [3.8, 4) is 11.5 Å². The average molecular weight is 484 g/mol. The number of halogens is 1. The summed E-state index contributed by atoms with van der Waals surface area (Å²) in [6.07, 6.45) is 3.33. The van der Waals surface area contributed by atoms with Crippen molar-refractivity contribution in [1.82, 2.24) is 15.5 Å². The normalized spacial score (nSPS) is 18.8. The maximum atomic E-state index is 13.7. The first-order chi connectivity index (χ1) is 16.9. The van der Waals surface area contributed by atoms with Crippen molar-refractivity contribution in [2.45, 2.75) is 57.7 Å². The predicted molar refractivity (Wildman–Crippen MR) is 131 cm³/mol. The van der Waals surface area contributed by atoms with E-state index in [1.807, 2.05) is 26.0 Å². The summed E-state index contributed by atoms with van der Waals surface area (Å²) in [6, 6.07) is 8.78. The standard InChI is InChI=1S/C27H34FN3O4/c1-5-16(2)24(26(32)29-20-10-11-20)30-27(33)31-13-12-18-14-22(34-3)23(35-4)15-21(18)25(31)17-6-8-19(28)9-7-17/h6-9,14-16,20,24-25H,5,10-13H2,1-4H3,(H,29,32)(H,30,33)/t16-,24+,25+/m1/s1. The molecule has 2 aliphatic rings. The first-order valence-electron chi connectivity index (χ1n) is 12.2. The van der Waals surface area contributed by atoms with E-state index in [1.54, 1.807) is 31.3 Å². The number of nitrogens with zero attached hydrogens (tertiary/aromatic N) is 1. The Labute approximate surface area is 206 Å². The largest absolute Gasteiger partial charge is 0.493 e. The van der Waals surface area contributed by atoms with Crippen LogP contribution in [0.5, 0.6) is 11.5 Å². The van der Waals surface area contributed by atoms with Crippen molar-refractivity contribution in [3.05, 3.63) is 58.9 Å². The van der Waals surface area contributed by atoms with E-state index in [2.05, 4.69) is 10.6 Å². The minimum absolute atomic E-state index is 0.0246. The number of hydrogen-bond donors (Lipinski definition) is 2. The Kier molecular flexibility index (Phi) is 7.48. The summed E-state index contributed by atoms with van der Waals surface area (Å²) >= 11 is 0. The molecule has 1 aliphatic carbocycles. The van der Waals surface area contributed by atoms with Gasteiger partial charge in [0.2, 0.25) is 5.91 Å². The molecule has 7 nitrogen and oxygen atoms in total. The number of carbonyl (C=O) groups excluding carboxylic acids is 2. The molecule has 1 aliphatic heterocycles. The highest BCUT2D eigenvalue weighted by Crippen LogP contribution is 2.41. The van der Waals surface area contributed by atoms with Crippen molar-refractivity contribution < 1.29 is 23.5 Å². The molecule has 188 valence electrons. The van der Waals surface area contributed by atoms with Crippen molar-refractivity contribution in [2.75, 3.05) is 20.8 Å². The van der Waals surface area contributed by atoms with Gasteiger partial charge in [0.1, 0.15) is 11.9 Å². The second-order valence-electron chi connectivity index (χ2n) is 9.40. The van der Waals surface area contributed by atoms with Crippen LogP contribution in [-0.4, -0.2) is 49.7 Å². The first-order valence-corrected chi connectivity index (χ1v) is 12.2. The fourth-order valence-electron chi connectivity index (χ4n) is 4.61. The molecule has 2 N–H and O–H groups in total. The van der Waals surface area contributed by atoms with Gasteiger partial charge in [0.05, 0.1) is 20.3 Å². The topological polar surface area (TPSA) is 79.9 Å². The molecule has 4 rings (SSSR count). The highest BCUT2D eigenvalue weighted by molar-refractivity contribution is 5.88. The van der Waals surface area contributed by atoms with Gasteiger partial charge in [0.15, 0.2) is 11.5 Å². The molecule has 1 fully saturated rings. The van der Waals surface area contributed by atoms with Gasteiger partial charge in [0.25, 0.3) is 0 Å². The molecule has 2 aromatic carbocycles. The minimum Gasteiger partial charge on any atom is -0.493 e. The molecule has 1 heterocycles. The Balaban J connectivity index is 1.69. The number of hydrogen-bond acceptors (Lipinski definition) is 4. The maximum Gasteiger partial charge on any atom is 0.318 e. The molecule has 0 saturated heterocycles. The molecule has 0 aromatic heterocycles. The van der Waals surface area contributed by atoms with Gasteiger partial charge in [-0.3, -0.25) is 4.79 Å². The molecule has 2 aromatic rings. The minimum atomic E-state index is -0.631. The summed E-state index contributed by atoms with van der Waals surface area (Å²) in [5.74, 6) is 0.667. The number of urea groups is 1. The van der Waals surface area contributed by atoms with Crippen LogP contribution in [-0.2, 0) is 11.2 Å². The van der Waals surface area contributed by atoms with E-state index in [0.29, 0.717) is 24.5 Å². The number of amides is 3. The van der Waals surface area contributed by atoms with Crippen molar-refractivity contribution in [2.24, 2.45) is 5.92 Å². The van der Waals surface area contributed by atoms with E-state index in [4.69, 9.17) is 9.47 Å². The van der Waals surface area contributed by atoms with Gasteiger partial charge < -0.3 is 25.0 Å². The first kappa shape index (κ1) is 24.8. The fourth-order valence-corrected chi connectivity index (χ4v) is 4.61. The SMILES string of the molecule is CC[C@@H](C)[C@H](NC(=O)N1CCc2cc(OC)c(OC)cc2[C@@H]1c1ccc(F)cc1)C(=O)NC1CC1. The third-order valence-corrected chi connectivity index (χ3v) is 7.02. The van der Waals surface area contributed by atoms with Gasteiger partial charge in [-0.25, -0.2) is 9.18 Å². The second kappa shape index (κ2) is 10.5. The lowest BCUT2D eigenvalue weighted by Gasteiger charge is -2.39. The predicted octanol–water partition coefficient (Wildman–Crippen LogP) is 4.19. The number of nitrogens with one attached hydrogen (secondary N) is 2. The number of benzene rings is 2. The van der Waals surface area contributed by atoms with Crippen molar-refractivity contribution in [1.29, 1.82) is 0 Å². The van der Waals surface area contributed by atoms with E-state index in [1.165, 1.54) is 12.1 Å². The molecule has 3 amide bonds. The number of fused-ring (bicyclic) bond motifs is 1. The van der Waals surface area contributed by atoms with Crippen LogP contribution in [0, 0.1) is 11.7 Å². The summed E-state index contributed by atoms with van der Waals surface area (Å²) in [6.45, 7) is 4.41. The molecule has 0 radical (unpaired) electrons. The zero-order chi connectivity index (χ0) is 25.1. The molecule has 0 unspecified atom stereocenters. The average Bonchev–Trinajstić information content (AvgIpc) is 3.69. The van der Waals surface area contributed by atoms with Crippen molar-refractivity contribution in [3.63, 3.8) is 0 Å². The number of methoxy groups -OCH3 is 2. The summed E-state index contributed by atoms with van der Waals surface area (Å²) in [5, 5.41) is 6.03. The Bertz CT molecular complexity index is 1070. The zero-order valence-corrected chi connectivity index (χ0v) is 20.8. The van der Waals surface area contributed by atoms with Crippen LogP contribution in [0.3, 0.4) is 0 Å². The third kappa shape index (κ3) is 5.36. The highest BCUT2D eigenvalue weighted by atomic mass is 19.1. The summed E-state index contributed by atoms with van der Waals surface area (Å²) < 4.78 is 24.8. The van der Waals surface area contributed by atoms with E-state index >= 15 is 0 Å². The molecule has 0 spiro atoms. The van der Waals surface area contributed by atoms with Crippen LogP contribution in [0.15, 0.2) is 36.4 Å². The van der Waals surface area contributed by atoms with Gasteiger partial charge in [-0.2, -0.15) is 0 Å². The van der Waals surface area contributed by atoms with Crippen LogP contribution < -0.4 is 20.1 Å². The lowest BCUT2D eigenvalue weighted by molar-refractivity contribution is -0.124. The molecule has 1 saturated carbocycles. The second-order valence-corrected chi connectivity index (χ2v) is 9.40. The maximum absolute atomic E-state index is 13.7. The zero-order valence-electron chi connectivity index (χ0n) is 20.8. The van der Waals surface area contributed by atoms with Crippen LogP contribution in [0.1, 0.15) is 55.8 Å². The van der Waals surface area contributed by atoms with Crippen LogP contribution in [0.4, 0.5) is 9.18 Å². The highest BCUT2D eigenvalue weighted by Gasteiger charge is 2.37. The van der Waals surface area contributed by atoms with Gasteiger partial charge >= 0.3 is 6.03 Å². The van der Waals surface area contributed by atoms with Gasteiger partial charge in [-0.1, -0.05) is 32.4 Å². The van der Waals surface area contributed by atoms with E-state index in [0.717, 1.165) is 36.0 Å². The lowest BCUT2D eigenvalue weighted by atomic mass is 9.87. The van der Waals surface area contributed by atoms with E-state index in [9.17, 15) is 14.0 Å². The Morgan fingerprint density at radius 1 is 1.11 bits per heavy atom.